The fraction of sp³-hybridized carbons (Fsp3) is 0.467. The number of benzene rings is 1. The van der Waals surface area contributed by atoms with Crippen LogP contribution in [0, 0.1) is 5.92 Å². The lowest BCUT2D eigenvalue weighted by molar-refractivity contribution is -0.132. The number of primary amides is 1. The molecular formula is C15H22N2O3. The lowest BCUT2D eigenvalue weighted by Gasteiger charge is -2.24. The molecule has 1 rings (SSSR count). The molecule has 0 heterocycles. The van der Waals surface area contributed by atoms with Gasteiger partial charge in [0.2, 0.25) is 11.8 Å². The van der Waals surface area contributed by atoms with E-state index in [1.807, 2.05) is 30.3 Å². The predicted molar refractivity (Wildman–Crippen MR) is 77.1 cm³/mol. The Balaban J connectivity index is 2.37. The molecule has 0 aromatic heterocycles. The monoisotopic (exact) mass is 278 g/mol. The van der Waals surface area contributed by atoms with Crippen molar-refractivity contribution in [3.8, 4) is 5.75 Å². The first-order chi connectivity index (χ1) is 9.33. The second-order valence-electron chi connectivity index (χ2n) is 5.33. The maximum Gasteiger partial charge on any atom is 0.242 e. The molecule has 0 saturated carbocycles. The molecule has 1 unspecified atom stereocenters. The summed E-state index contributed by atoms with van der Waals surface area (Å²) in [5.41, 5.74) is 4.18. The molecule has 0 aliphatic rings. The van der Waals surface area contributed by atoms with Crippen LogP contribution in [0.4, 0.5) is 0 Å². The number of carbonyl (C=O) groups excluding carboxylic acids is 2. The number of hydrogen-bond donors (Lipinski definition) is 2. The van der Waals surface area contributed by atoms with E-state index in [-0.39, 0.29) is 11.8 Å². The largest absolute Gasteiger partial charge is 0.494 e. The fourth-order valence-corrected chi connectivity index (χ4v) is 1.49. The molecule has 3 N–H and O–H groups in total. The molecular weight excluding hydrogens is 256 g/mol. The molecule has 0 bridgehead atoms. The van der Waals surface area contributed by atoms with Crippen molar-refractivity contribution in [3.05, 3.63) is 30.3 Å². The summed E-state index contributed by atoms with van der Waals surface area (Å²) in [5.74, 6) is -0.237. The third-order valence-electron chi connectivity index (χ3n) is 3.06. The second-order valence-corrected chi connectivity index (χ2v) is 5.33. The van der Waals surface area contributed by atoms with Crippen LogP contribution in [0.2, 0.25) is 0 Å². The summed E-state index contributed by atoms with van der Waals surface area (Å²) in [7, 11) is 0. The van der Waals surface area contributed by atoms with Crippen molar-refractivity contribution in [2.24, 2.45) is 11.7 Å². The molecule has 0 spiro atoms. The van der Waals surface area contributed by atoms with Crippen LogP contribution in [-0.4, -0.2) is 24.0 Å². The first kappa shape index (κ1) is 16.0. The van der Waals surface area contributed by atoms with Crippen molar-refractivity contribution in [1.82, 2.24) is 5.32 Å². The Morgan fingerprint density at radius 1 is 1.30 bits per heavy atom. The highest BCUT2D eigenvalue weighted by Crippen LogP contribution is 2.11. The van der Waals surface area contributed by atoms with Crippen molar-refractivity contribution < 1.29 is 14.3 Å². The molecule has 5 nitrogen and oxygen atoms in total. The summed E-state index contributed by atoms with van der Waals surface area (Å²) in [5, 5.41) is 2.64. The van der Waals surface area contributed by atoms with Gasteiger partial charge in [0.05, 0.1) is 6.61 Å². The number of nitrogens with two attached hydrogens (primary N) is 1. The Morgan fingerprint density at radius 3 is 2.45 bits per heavy atom. The van der Waals surface area contributed by atoms with E-state index < -0.39 is 11.4 Å². The Kier molecular flexibility index (Phi) is 5.55. The van der Waals surface area contributed by atoms with Crippen molar-refractivity contribution >= 4 is 11.8 Å². The molecule has 110 valence electrons. The first-order valence-electron chi connectivity index (χ1n) is 6.62. The Hall–Kier alpha value is -2.04. The van der Waals surface area contributed by atoms with Gasteiger partial charge in [0.1, 0.15) is 11.3 Å². The molecule has 1 aromatic rings. The van der Waals surface area contributed by atoms with Gasteiger partial charge in [0.25, 0.3) is 0 Å². The summed E-state index contributed by atoms with van der Waals surface area (Å²) in [6, 6.07) is 9.42. The molecule has 0 radical (unpaired) electrons. The molecule has 1 atom stereocenters. The molecule has 1 aromatic carbocycles. The van der Waals surface area contributed by atoms with Gasteiger partial charge in [0.15, 0.2) is 0 Å². The number of hydrogen-bond acceptors (Lipinski definition) is 3. The average Bonchev–Trinajstić information content (AvgIpc) is 2.39. The van der Waals surface area contributed by atoms with E-state index in [1.165, 1.54) is 0 Å². The molecule has 0 aliphatic heterocycles. The van der Waals surface area contributed by atoms with E-state index in [9.17, 15) is 9.59 Å². The van der Waals surface area contributed by atoms with Crippen LogP contribution in [-0.2, 0) is 9.59 Å². The van der Waals surface area contributed by atoms with E-state index in [0.717, 1.165) is 5.75 Å². The van der Waals surface area contributed by atoms with E-state index in [0.29, 0.717) is 13.0 Å². The summed E-state index contributed by atoms with van der Waals surface area (Å²) in [4.78, 5) is 23.1. The second kappa shape index (κ2) is 6.93. The highest BCUT2D eigenvalue weighted by molar-refractivity contribution is 5.90. The van der Waals surface area contributed by atoms with Crippen LogP contribution >= 0.6 is 0 Å². The minimum absolute atomic E-state index is 0.203. The van der Waals surface area contributed by atoms with Crippen LogP contribution < -0.4 is 15.8 Å². The van der Waals surface area contributed by atoms with Crippen molar-refractivity contribution in [2.75, 3.05) is 6.61 Å². The van der Waals surface area contributed by atoms with Gasteiger partial charge in [-0.2, -0.15) is 0 Å². The van der Waals surface area contributed by atoms with Crippen molar-refractivity contribution in [2.45, 2.75) is 32.7 Å². The highest BCUT2D eigenvalue weighted by atomic mass is 16.5. The van der Waals surface area contributed by atoms with Gasteiger partial charge >= 0.3 is 0 Å². The molecule has 0 saturated heterocycles. The maximum atomic E-state index is 11.9. The molecule has 20 heavy (non-hydrogen) atoms. The van der Waals surface area contributed by atoms with E-state index in [4.69, 9.17) is 10.5 Å². The maximum absolute atomic E-state index is 11.9. The zero-order chi connectivity index (χ0) is 15.2. The zero-order valence-electron chi connectivity index (χ0n) is 12.2. The Bertz CT molecular complexity index is 457. The zero-order valence-corrected chi connectivity index (χ0v) is 12.2. The molecule has 5 heteroatoms. The topological polar surface area (TPSA) is 81.4 Å². The highest BCUT2D eigenvalue weighted by Gasteiger charge is 2.28. The van der Waals surface area contributed by atoms with Gasteiger partial charge in [0, 0.05) is 5.92 Å². The minimum atomic E-state index is -1.04. The summed E-state index contributed by atoms with van der Waals surface area (Å²) < 4.78 is 5.53. The molecule has 0 fully saturated rings. The van der Waals surface area contributed by atoms with E-state index in [1.54, 1.807) is 20.8 Å². The SMILES string of the molecule is CC(CCOc1ccccc1)C(=O)NC(C)(C)C(N)=O. The van der Waals surface area contributed by atoms with E-state index in [2.05, 4.69) is 5.32 Å². The van der Waals surface area contributed by atoms with Gasteiger partial charge in [-0.05, 0) is 32.4 Å². The molecule has 2 amide bonds. The normalized spacial score (nSPS) is 12.6. The lowest BCUT2D eigenvalue weighted by atomic mass is 10.0. The third kappa shape index (κ3) is 4.91. The average molecular weight is 278 g/mol. The van der Waals surface area contributed by atoms with Gasteiger partial charge < -0.3 is 15.8 Å². The number of amides is 2. The van der Waals surface area contributed by atoms with Gasteiger partial charge in [-0.25, -0.2) is 0 Å². The Labute approximate surface area is 119 Å². The Morgan fingerprint density at radius 2 is 1.90 bits per heavy atom. The smallest absolute Gasteiger partial charge is 0.242 e. The van der Waals surface area contributed by atoms with Crippen LogP contribution in [0.1, 0.15) is 27.2 Å². The van der Waals surface area contributed by atoms with Gasteiger partial charge in [-0.15, -0.1) is 0 Å². The predicted octanol–water partition coefficient (Wildman–Crippen LogP) is 1.47. The standard InChI is InChI=1S/C15H22N2O3/c1-11(13(18)17-15(2,3)14(16)19)9-10-20-12-7-5-4-6-8-12/h4-8,11H,9-10H2,1-3H3,(H2,16,19)(H,17,18). The van der Waals surface area contributed by atoms with Gasteiger partial charge in [-0.1, -0.05) is 25.1 Å². The molecule has 0 aliphatic carbocycles. The number of carbonyl (C=O) groups is 2. The first-order valence-corrected chi connectivity index (χ1v) is 6.62. The summed E-state index contributed by atoms with van der Waals surface area (Å²) >= 11 is 0. The third-order valence-corrected chi connectivity index (χ3v) is 3.06. The van der Waals surface area contributed by atoms with E-state index >= 15 is 0 Å². The van der Waals surface area contributed by atoms with Crippen LogP contribution in [0.15, 0.2) is 30.3 Å². The summed E-state index contributed by atoms with van der Waals surface area (Å²) in [6.45, 7) is 5.40. The fourth-order valence-electron chi connectivity index (χ4n) is 1.49. The van der Waals surface area contributed by atoms with Crippen LogP contribution in [0.3, 0.4) is 0 Å². The van der Waals surface area contributed by atoms with Crippen LogP contribution in [0.5, 0.6) is 5.75 Å². The quantitative estimate of drug-likeness (QED) is 0.792. The lowest BCUT2D eigenvalue weighted by Crippen LogP contribution is -2.54. The minimum Gasteiger partial charge on any atom is -0.494 e. The van der Waals surface area contributed by atoms with Crippen LogP contribution in [0.25, 0.3) is 0 Å². The van der Waals surface area contributed by atoms with Crippen molar-refractivity contribution in [3.63, 3.8) is 0 Å². The van der Waals surface area contributed by atoms with Crippen molar-refractivity contribution in [1.29, 1.82) is 0 Å². The van der Waals surface area contributed by atoms with Gasteiger partial charge in [-0.3, -0.25) is 9.59 Å². The number of para-hydroxylation sites is 1. The number of rotatable bonds is 7. The summed E-state index contributed by atoms with van der Waals surface area (Å²) in [6.07, 6.45) is 0.565. The number of ether oxygens (including phenoxy) is 1. The number of nitrogens with one attached hydrogen (secondary N) is 1.